The maximum absolute atomic E-state index is 10.2. The van der Waals surface area contributed by atoms with Crippen molar-refractivity contribution in [3.63, 3.8) is 0 Å². The number of nitrogens with one attached hydrogen (secondary N) is 1. The molecule has 23 heavy (non-hydrogen) atoms. The van der Waals surface area contributed by atoms with Crippen LogP contribution in [-0.4, -0.2) is 33.0 Å². The van der Waals surface area contributed by atoms with Crippen molar-refractivity contribution < 1.29 is 19.3 Å². The molecule has 0 aliphatic rings. The van der Waals surface area contributed by atoms with Gasteiger partial charge in [-0.15, -0.1) is 0 Å². The molecular weight excluding hydrogens is 294 g/mol. The number of aliphatic hydroxyl groups is 1. The largest absolute Gasteiger partial charge is 0.493 e. The molecule has 0 bridgehead atoms. The Morgan fingerprint density at radius 2 is 1.61 bits per heavy atom. The van der Waals surface area contributed by atoms with Crippen LogP contribution in [0.1, 0.15) is 17.2 Å². The minimum absolute atomic E-state index is 0.446. The van der Waals surface area contributed by atoms with Crippen LogP contribution in [0.15, 0.2) is 42.5 Å². The summed E-state index contributed by atoms with van der Waals surface area (Å²) in [5, 5.41) is 13.4. The van der Waals surface area contributed by atoms with Gasteiger partial charge in [0, 0.05) is 18.7 Å². The molecule has 0 unspecified atom stereocenters. The van der Waals surface area contributed by atoms with Crippen molar-refractivity contribution in [2.75, 3.05) is 27.9 Å². The van der Waals surface area contributed by atoms with Crippen molar-refractivity contribution in [2.24, 2.45) is 0 Å². The van der Waals surface area contributed by atoms with E-state index in [2.05, 4.69) is 5.32 Å². The summed E-state index contributed by atoms with van der Waals surface area (Å²) in [7, 11) is 4.77. The molecule has 0 saturated heterocycles. The number of aliphatic hydroxyl groups excluding tert-OH is 1. The van der Waals surface area contributed by atoms with Crippen molar-refractivity contribution in [3.05, 3.63) is 53.6 Å². The highest BCUT2D eigenvalue weighted by atomic mass is 16.5. The quantitative estimate of drug-likeness (QED) is 0.783. The van der Waals surface area contributed by atoms with E-state index < -0.39 is 6.10 Å². The van der Waals surface area contributed by atoms with Crippen LogP contribution in [0, 0.1) is 0 Å². The molecule has 5 heteroatoms. The molecule has 0 aliphatic carbocycles. The summed E-state index contributed by atoms with van der Waals surface area (Å²) >= 11 is 0. The van der Waals surface area contributed by atoms with Crippen LogP contribution in [0.2, 0.25) is 0 Å². The lowest BCUT2D eigenvalue weighted by atomic mass is 10.1. The Morgan fingerprint density at radius 1 is 0.913 bits per heavy atom. The van der Waals surface area contributed by atoms with Gasteiger partial charge in [0.2, 0.25) is 5.75 Å². The predicted octanol–water partition coefficient (Wildman–Crippen LogP) is 2.54. The smallest absolute Gasteiger partial charge is 0.203 e. The molecule has 0 radical (unpaired) electrons. The molecule has 2 aromatic rings. The number of hydrogen-bond acceptors (Lipinski definition) is 5. The van der Waals surface area contributed by atoms with Crippen molar-refractivity contribution in [2.45, 2.75) is 12.6 Å². The minimum Gasteiger partial charge on any atom is -0.493 e. The first-order chi connectivity index (χ1) is 11.2. The molecule has 0 heterocycles. The topological polar surface area (TPSA) is 60.0 Å². The number of hydrogen-bond donors (Lipinski definition) is 2. The fraction of sp³-hybridized carbons (Fsp3) is 0.333. The van der Waals surface area contributed by atoms with Gasteiger partial charge < -0.3 is 24.6 Å². The van der Waals surface area contributed by atoms with Crippen LogP contribution in [-0.2, 0) is 6.54 Å². The first kappa shape index (κ1) is 17.1. The van der Waals surface area contributed by atoms with Crippen LogP contribution in [0.25, 0.3) is 0 Å². The molecule has 124 valence electrons. The zero-order chi connectivity index (χ0) is 16.7. The second kappa shape index (κ2) is 8.41. The van der Waals surface area contributed by atoms with E-state index in [0.717, 1.165) is 11.1 Å². The summed E-state index contributed by atoms with van der Waals surface area (Å²) in [6, 6.07) is 13.3. The van der Waals surface area contributed by atoms with Gasteiger partial charge in [-0.05, 0) is 11.6 Å². The van der Waals surface area contributed by atoms with E-state index in [1.165, 1.54) is 0 Å². The third kappa shape index (κ3) is 4.15. The van der Waals surface area contributed by atoms with Gasteiger partial charge in [-0.25, -0.2) is 0 Å². The Hall–Kier alpha value is -2.24. The van der Waals surface area contributed by atoms with Gasteiger partial charge in [-0.2, -0.15) is 0 Å². The molecule has 0 fully saturated rings. The standard InChI is InChI=1S/C18H23NO4/c1-21-16-10-9-14(17(22-2)18(16)23-3)11-19-12-15(20)13-7-5-4-6-8-13/h4-10,15,19-20H,11-12H2,1-3H3/t15-/m0/s1. The predicted molar refractivity (Wildman–Crippen MR) is 89.2 cm³/mol. The molecule has 1 atom stereocenters. The molecule has 0 spiro atoms. The maximum atomic E-state index is 10.2. The zero-order valence-corrected chi connectivity index (χ0v) is 13.7. The Kier molecular flexibility index (Phi) is 6.26. The third-order valence-corrected chi connectivity index (χ3v) is 3.62. The summed E-state index contributed by atoms with van der Waals surface area (Å²) in [5.74, 6) is 1.82. The van der Waals surface area contributed by atoms with E-state index >= 15 is 0 Å². The molecule has 0 amide bonds. The molecule has 2 aromatic carbocycles. The average Bonchev–Trinajstić information content (AvgIpc) is 2.61. The fourth-order valence-corrected chi connectivity index (χ4v) is 2.44. The summed E-state index contributed by atoms with van der Waals surface area (Å²) in [5.41, 5.74) is 1.82. The monoisotopic (exact) mass is 317 g/mol. The summed E-state index contributed by atoms with van der Waals surface area (Å²) in [4.78, 5) is 0. The van der Waals surface area contributed by atoms with E-state index in [-0.39, 0.29) is 0 Å². The van der Waals surface area contributed by atoms with Gasteiger partial charge in [0.1, 0.15) is 0 Å². The number of methoxy groups -OCH3 is 3. The van der Waals surface area contributed by atoms with Crippen LogP contribution in [0.3, 0.4) is 0 Å². The summed E-state index contributed by atoms with van der Waals surface area (Å²) in [6.07, 6.45) is -0.553. The van der Waals surface area contributed by atoms with Gasteiger partial charge in [0.25, 0.3) is 0 Å². The normalized spacial score (nSPS) is 11.8. The first-order valence-corrected chi connectivity index (χ1v) is 7.42. The number of rotatable bonds is 8. The van der Waals surface area contributed by atoms with Gasteiger partial charge in [0.05, 0.1) is 27.4 Å². The van der Waals surface area contributed by atoms with E-state index in [1.807, 2.05) is 42.5 Å². The first-order valence-electron chi connectivity index (χ1n) is 7.42. The molecule has 5 nitrogen and oxygen atoms in total. The highest BCUT2D eigenvalue weighted by Gasteiger charge is 2.15. The van der Waals surface area contributed by atoms with Crippen LogP contribution in [0.4, 0.5) is 0 Å². The molecule has 2 N–H and O–H groups in total. The molecule has 0 saturated carbocycles. The van der Waals surface area contributed by atoms with Crippen molar-refractivity contribution in [3.8, 4) is 17.2 Å². The van der Waals surface area contributed by atoms with Gasteiger partial charge in [-0.1, -0.05) is 36.4 Å². The van der Waals surface area contributed by atoms with Crippen LogP contribution >= 0.6 is 0 Å². The molecular formula is C18H23NO4. The Morgan fingerprint density at radius 3 is 2.22 bits per heavy atom. The Labute approximate surface area is 136 Å². The fourth-order valence-electron chi connectivity index (χ4n) is 2.44. The highest BCUT2D eigenvalue weighted by molar-refractivity contribution is 5.55. The molecule has 2 rings (SSSR count). The Balaban J connectivity index is 2.03. The van der Waals surface area contributed by atoms with Crippen molar-refractivity contribution in [1.29, 1.82) is 0 Å². The van der Waals surface area contributed by atoms with E-state index in [9.17, 15) is 5.11 Å². The van der Waals surface area contributed by atoms with Crippen molar-refractivity contribution in [1.82, 2.24) is 5.32 Å². The summed E-state index contributed by atoms with van der Waals surface area (Å²) < 4.78 is 16.1. The Bertz CT molecular complexity index is 616. The van der Waals surface area contributed by atoms with Crippen molar-refractivity contribution >= 4 is 0 Å². The van der Waals surface area contributed by atoms with Crippen LogP contribution in [0.5, 0.6) is 17.2 Å². The van der Waals surface area contributed by atoms with Crippen LogP contribution < -0.4 is 19.5 Å². The van der Waals surface area contributed by atoms with Gasteiger partial charge >= 0.3 is 0 Å². The second-order valence-corrected chi connectivity index (χ2v) is 5.05. The summed E-state index contributed by atoms with van der Waals surface area (Å²) in [6.45, 7) is 0.995. The van der Waals surface area contributed by atoms with E-state index in [1.54, 1.807) is 21.3 Å². The zero-order valence-electron chi connectivity index (χ0n) is 13.7. The third-order valence-electron chi connectivity index (χ3n) is 3.62. The lowest BCUT2D eigenvalue weighted by molar-refractivity contribution is 0.174. The lowest BCUT2D eigenvalue weighted by Gasteiger charge is -2.17. The number of benzene rings is 2. The highest BCUT2D eigenvalue weighted by Crippen LogP contribution is 2.39. The van der Waals surface area contributed by atoms with E-state index in [4.69, 9.17) is 14.2 Å². The molecule has 0 aromatic heterocycles. The van der Waals surface area contributed by atoms with Gasteiger partial charge in [-0.3, -0.25) is 0 Å². The average molecular weight is 317 g/mol. The minimum atomic E-state index is -0.553. The molecule has 0 aliphatic heterocycles. The second-order valence-electron chi connectivity index (χ2n) is 5.05. The maximum Gasteiger partial charge on any atom is 0.203 e. The number of ether oxygens (including phenoxy) is 3. The van der Waals surface area contributed by atoms with Gasteiger partial charge in [0.15, 0.2) is 11.5 Å². The SMILES string of the molecule is COc1ccc(CNC[C@H](O)c2ccccc2)c(OC)c1OC. The lowest BCUT2D eigenvalue weighted by Crippen LogP contribution is -2.21. The van der Waals surface area contributed by atoms with E-state index in [0.29, 0.717) is 30.3 Å².